The van der Waals surface area contributed by atoms with E-state index in [1.165, 1.54) is 13.4 Å². The summed E-state index contributed by atoms with van der Waals surface area (Å²) in [6.45, 7) is 4.23. The van der Waals surface area contributed by atoms with Gasteiger partial charge in [0.15, 0.2) is 5.69 Å². The third kappa shape index (κ3) is 2.72. The lowest BCUT2D eigenvalue weighted by Gasteiger charge is -2.31. The van der Waals surface area contributed by atoms with Crippen LogP contribution in [0, 0.1) is 5.92 Å². The van der Waals surface area contributed by atoms with Crippen molar-refractivity contribution in [1.82, 2.24) is 9.97 Å². The van der Waals surface area contributed by atoms with Crippen LogP contribution in [0.2, 0.25) is 0 Å². The number of carbonyl (C=O) groups is 1. The second-order valence-electron chi connectivity index (χ2n) is 4.42. The highest BCUT2D eigenvalue weighted by Crippen LogP contribution is 2.21. The van der Waals surface area contributed by atoms with Gasteiger partial charge in [-0.2, -0.15) is 0 Å². The van der Waals surface area contributed by atoms with Gasteiger partial charge in [-0.3, -0.25) is 0 Å². The molecule has 1 aromatic rings. The first-order valence-electron chi connectivity index (χ1n) is 5.86. The number of aromatic nitrogens is 2. The van der Waals surface area contributed by atoms with Crippen LogP contribution in [-0.4, -0.2) is 36.1 Å². The fourth-order valence-corrected chi connectivity index (χ4v) is 1.97. The third-order valence-corrected chi connectivity index (χ3v) is 3.15. The van der Waals surface area contributed by atoms with E-state index in [1.807, 2.05) is 0 Å². The molecule has 5 nitrogen and oxygen atoms in total. The zero-order valence-electron chi connectivity index (χ0n) is 10.2. The number of methoxy groups -OCH3 is 1. The molecule has 1 aromatic heterocycles. The zero-order chi connectivity index (χ0) is 12.3. The van der Waals surface area contributed by atoms with Crippen LogP contribution in [0.1, 0.15) is 30.3 Å². The molecule has 0 spiro atoms. The molecule has 5 heteroatoms. The summed E-state index contributed by atoms with van der Waals surface area (Å²) in [5.41, 5.74) is 0.316. The fourth-order valence-electron chi connectivity index (χ4n) is 1.97. The van der Waals surface area contributed by atoms with Gasteiger partial charge >= 0.3 is 5.97 Å². The van der Waals surface area contributed by atoms with E-state index in [0.29, 0.717) is 5.69 Å². The maximum absolute atomic E-state index is 11.4. The summed E-state index contributed by atoms with van der Waals surface area (Å²) < 4.78 is 4.65. The van der Waals surface area contributed by atoms with Crippen LogP contribution in [-0.2, 0) is 4.74 Å². The number of esters is 1. The Morgan fingerprint density at radius 3 is 2.76 bits per heavy atom. The summed E-state index contributed by atoms with van der Waals surface area (Å²) in [6, 6.07) is 1.70. The standard InChI is InChI=1S/C12H17N3O2/c1-9-3-5-15(6-4-9)11-7-10(12(16)17-2)13-8-14-11/h7-9H,3-6H2,1-2H3. The second kappa shape index (κ2) is 5.12. The monoisotopic (exact) mass is 235 g/mol. The first-order valence-corrected chi connectivity index (χ1v) is 5.86. The van der Waals surface area contributed by atoms with Crippen molar-refractivity contribution in [2.45, 2.75) is 19.8 Å². The number of anilines is 1. The van der Waals surface area contributed by atoms with Crippen molar-refractivity contribution >= 4 is 11.8 Å². The predicted octanol–water partition coefficient (Wildman–Crippen LogP) is 1.50. The van der Waals surface area contributed by atoms with E-state index in [2.05, 4.69) is 26.5 Å². The molecule has 0 radical (unpaired) electrons. The lowest BCUT2D eigenvalue weighted by atomic mass is 9.99. The molecule has 1 aliphatic heterocycles. The highest BCUT2D eigenvalue weighted by atomic mass is 16.5. The summed E-state index contributed by atoms with van der Waals surface area (Å²) in [7, 11) is 1.35. The SMILES string of the molecule is COC(=O)c1cc(N2CCC(C)CC2)ncn1. The van der Waals surface area contributed by atoms with Gasteiger partial charge in [0.05, 0.1) is 7.11 Å². The van der Waals surface area contributed by atoms with E-state index >= 15 is 0 Å². The molecule has 0 aromatic carbocycles. The van der Waals surface area contributed by atoms with Crippen molar-refractivity contribution < 1.29 is 9.53 Å². The lowest BCUT2D eigenvalue weighted by molar-refractivity contribution is 0.0594. The number of piperidine rings is 1. The highest BCUT2D eigenvalue weighted by molar-refractivity contribution is 5.87. The van der Waals surface area contributed by atoms with Crippen molar-refractivity contribution in [2.75, 3.05) is 25.1 Å². The Kier molecular flexibility index (Phi) is 3.56. The molecule has 1 saturated heterocycles. The molecule has 1 aliphatic rings. The maximum atomic E-state index is 11.4. The molecule has 1 fully saturated rings. The number of hydrogen-bond donors (Lipinski definition) is 0. The molecule has 92 valence electrons. The number of rotatable bonds is 2. The van der Waals surface area contributed by atoms with Gasteiger partial charge in [0.25, 0.3) is 0 Å². The van der Waals surface area contributed by atoms with Crippen LogP contribution in [0.15, 0.2) is 12.4 Å². The smallest absolute Gasteiger partial charge is 0.356 e. The largest absolute Gasteiger partial charge is 0.464 e. The molecule has 17 heavy (non-hydrogen) atoms. The van der Waals surface area contributed by atoms with E-state index in [1.54, 1.807) is 6.07 Å². The number of nitrogens with zero attached hydrogens (tertiary/aromatic N) is 3. The summed E-state index contributed by atoms with van der Waals surface area (Å²) in [5, 5.41) is 0. The van der Waals surface area contributed by atoms with Crippen molar-refractivity contribution in [2.24, 2.45) is 5.92 Å². The molecule has 2 rings (SSSR count). The first kappa shape index (κ1) is 11.8. The fraction of sp³-hybridized carbons (Fsp3) is 0.583. The Morgan fingerprint density at radius 1 is 1.41 bits per heavy atom. The molecule has 0 aliphatic carbocycles. The summed E-state index contributed by atoms with van der Waals surface area (Å²) in [4.78, 5) is 21.7. The van der Waals surface area contributed by atoms with Gasteiger partial charge in [-0.15, -0.1) is 0 Å². The van der Waals surface area contributed by atoms with Crippen LogP contribution in [0.4, 0.5) is 5.82 Å². The molecular weight excluding hydrogens is 218 g/mol. The summed E-state index contributed by atoms with van der Waals surface area (Å²) >= 11 is 0. The average molecular weight is 235 g/mol. The topological polar surface area (TPSA) is 55.3 Å². The van der Waals surface area contributed by atoms with Gasteiger partial charge in [-0.25, -0.2) is 14.8 Å². The molecule has 0 atom stereocenters. The van der Waals surface area contributed by atoms with Crippen LogP contribution >= 0.6 is 0 Å². The van der Waals surface area contributed by atoms with Crippen molar-refractivity contribution in [1.29, 1.82) is 0 Å². The number of ether oxygens (including phenoxy) is 1. The second-order valence-corrected chi connectivity index (χ2v) is 4.42. The minimum Gasteiger partial charge on any atom is -0.464 e. The van der Waals surface area contributed by atoms with Crippen molar-refractivity contribution in [3.63, 3.8) is 0 Å². The minimum atomic E-state index is -0.418. The lowest BCUT2D eigenvalue weighted by Crippen LogP contribution is -2.33. The Morgan fingerprint density at radius 2 is 2.12 bits per heavy atom. The summed E-state index contributed by atoms with van der Waals surface area (Å²) in [5.74, 6) is 1.17. The Bertz CT molecular complexity index is 400. The van der Waals surface area contributed by atoms with Gasteiger partial charge in [0.2, 0.25) is 0 Å². The summed E-state index contributed by atoms with van der Waals surface area (Å²) in [6.07, 6.45) is 3.74. The van der Waals surface area contributed by atoms with Crippen LogP contribution in [0.25, 0.3) is 0 Å². The average Bonchev–Trinajstić information content (AvgIpc) is 2.39. The molecule has 0 unspecified atom stereocenters. The first-order chi connectivity index (χ1) is 8.20. The quantitative estimate of drug-likeness (QED) is 0.727. The Balaban J connectivity index is 2.13. The van der Waals surface area contributed by atoms with Crippen LogP contribution < -0.4 is 4.90 Å². The highest BCUT2D eigenvalue weighted by Gasteiger charge is 2.18. The van der Waals surface area contributed by atoms with Gasteiger partial charge in [0.1, 0.15) is 12.1 Å². The van der Waals surface area contributed by atoms with Crippen LogP contribution in [0.5, 0.6) is 0 Å². The molecule has 0 N–H and O–H groups in total. The molecular formula is C12H17N3O2. The van der Waals surface area contributed by atoms with E-state index < -0.39 is 5.97 Å². The van der Waals surface area contributed by atoms with Gasteiger partial charge in [0, 0.05) is 19.2 Å². The van der Waals surface area contributed by atoms with Gasteiger partial charge in [-0.05, 0) is 18.8 Å². The van der Waals surface area contributed by atoms with Crippen molar-refractivity contribution in [3.8, 4) is 0 Å². The number of carbonyl (C=O) groups excluding carboxylic acids is 1. The van der Waals surface area contributed by atoms with Crippen LogP contribution in [0.3, 0.4) is 0 Å². The van der Waals surface area contributed by atoms with Gasteiger partial charge in [-0.1, -0.05) is 6.92 Å². The predicted molar refractivity (Wildman–Crippen MR) is 64.0 cm³/mol. The zero-order valence-corrected chi connectivity index (χ0v) is 10.2. The van der Waals surface area contributed by atoms with E-state index in [-0.39, 0.29) is 0 Å². The molecule has 0 bridgehead atoms. The van der Waals surface area contributed by atoms with E-state index in [0.717, 1.165) is 37.7 Å². The number of hydrogen-bond acceptors (Lipinski definition) is 5. The normalized spacial score (nSPS) is 16.9. The Hall–Kier alpha value is -1.65. The molecule has 2 heterocycles. The minimum absolute atomic E-state index is 0.316. The van der Waals surface area contributed by atoms with E-state index in [9.17, 15) is 4.79 Å². The van der Waals surface area contributed by atoms with Gasteiger partial charge < -0.3 is 9.64 Å². The Labute approximate surface area is 101 Å². The maximum Gasteiger partial charge on any atom is 0.356 e. The molecule has 0 amide bonds. The van der Waals surface area contributed by atoms with Crippen molar-refractivity contribution in [3.05, 3.63) is 18.1 Å². The van der Waals surface area contributed by atoms with E-state index in [4.69, 9.17) is 0 Å². The third-order valence-electron chi connectivity index (χ3n) is 3.15. The molecule has 0 saturated carbocycles.